The molecule has 1 rings (SSSR count). The van der Waals surface area contributed by atoms with Crippen LogP contribution in [0.5, 0.6) is 0 Å². The van der Waals surface area contributed by atoms with Gasteiger partial charge in [-0.05, 0) is 18.7 Å². The van der Waals surface area contributed by atoms with Crippen LogP contribution in [-0.2, 0) is 6.54 Å². The SMILES string of the molecule is CNCc1cccc(C(=O)C(C)C)c1. The Kier molecular flexibility index (Phi) is 3.84. The van der Waals surface area contributed by atoms with E-state index in [-0.39, 0.29) is 11.7 Å². The van der Waals surface area contributed by atoms with Gasteiger partial charge in [-0.3, -0.25) is 4.79 Å². The zero-order valence-electron chi connectivity index (χ0n) is 9.00. The summed E-state index contributed by atoms with van der Waals surface area (Å²) in [5.74, 6) is 0.280. The van der Waals surface area contributed by atoms with E-state index >= 15 is 0 Å². The van der Waals surface area contributed by atoms with Crippen molar-refractivity contribution >= 4 is 5.78 Å². The first-order valence-electron chi connectivity index (χ1n) is 4.93. The van der Waals surface area contributed by atoms with Gasteiger partial charge < -0.3 is 5.32 Å². The van der Waals surface area contributed by atoms with Crippen molar-refractivity contribution in [3.05, 3.63) is 35.4 Å². The van der Waals surface area contributed by atoms with Gasteiger partial charge in [0.15, 0.2) is 5.78 Å². The van der Waals surface area contributed by atoms with Crippen LogP contribution in [-0.4, -0.2) is 12.8 Å². The number of carbonyl (C=O) groups excluding carboxylic acids is 1. The number of Topliss-reactive ketones (excluding diaryl/α,β-unsaturated/α-hetero) is 1. The van der Waals surface area contributed by atoms with Crippen molar-refractivity contribution in [3.63, 3.8) is 0 Å². The molecule has 1 N–H and O–H groups in total. The molecule has 0 atom stereocenters. The molecular formula is C12H17NO. The van der Waals surface area contributed by atoms with Crippen LogP contribution in [0.25, 0.3) is 0 Å². The van der Waals surface area contributed by atoms with E-state index < -0.39 is 0 Å². The highest BCUT2D eigenvalue weighted by Gasteiger charge is 2.09. The van der Waals surface area contributed by atoms with E-state index in [0.29, 0.717) is 0 Å². The minimum Gasteiger partial charge on any atom is -0.316 e. The molecule has 0 saturated carbocycles. The van der Waals surface area contributed by atoms with Crippen LogP contribution in [0.2, 0.25) is 0 Å². The molecule has 0 spiro atoms. The normalized spacial score (nSPS) is 10.6. The fourth-order valence-electron chi connectivity index (χ4n) is 1.37. The van der Waals surface area contributed by atoms with Gasteiger partial charge in [-0.25, -0.2) is 0 Å². The highest BCUT2D eigenvalue weighted by molar-refractivity contribution is 5.97. The Hall–Kier alpha value is -1.15. The molecule has 0 aromatic heterocycles. The van der Waals surface area contributed by atoms with E-state index in [1.165, 1.54) is 0 Å². The summed E-state index contributed by atoms with van der Waals surface area (Å²) >= 11 is 0. The zero-order chi connectivity index (χ0) is 10.6. The van der Waals surface area contributed by atoms with Gasteiger partial charge in [-0.1, -0.05) is 32.0 Å². The van der Waals surface area contributed by atoms with Gasteiger partial charge in [0.25, 0.3) is 0 Å². The average molecular weight is 191 g/mol. The Morgan fingerprint density at radius 1 is 1.43 bits per heavy atom. The smallest absolute Gasteiger partial charge is 0.165 e. The molecule has 0 heterocycles. The van der Waals surface area contributed by atoms with Crippen molar-refractivity contribution in [1.82, 2.24) is 5.32 Å². The highest BCUT2D eigenvalue weighted by Crippen LogP contribution is 2.10. The predicted molar refractivity (Wildman–Crippen MR) is 58.4 cm³/mol. The lowest BCUT2D eigenvalue weighted by atomic mass is 9.99. The number of carbonyl (C=O) groups is 1. The second-order valence-corrected chi connectivity index (χ2v) is 3.75. The second-order valence-electron chi connectivity index (χ2n) is 3.75. The Labute approximate surface area is 85.3 Å². The summed E-state index contributed by atoms with van der Waals surface area (Å²) in [6.45, 7) is 4.65. The number of nitrogens with one attached hydrogen (secondary N) is 1. The van der Waals surface area contributed by atoms with Crippen molar-refractivity contribution < 1.29 is 4.79 Å². The minimum absolute atomic E-state index is 0.0693. The first-order chi connectivity index (χ1) is 6.65. The first-order valence-corrected chi connectivity index (χ1v) is 4.93. The Balaban J connectivity index is 2.88. The van der Waals surface area contributed by atoms with Crippen molar-refractivity contribution in [1.29, 1.82) is 0 Å². The van der Waals surface area contributed by atoms with Gasteiger partial charge in [0, 0.05) is 18.0 Å². The van der Waals surface area contributed by atoms with E-state index in [9.17, 15) is 4.79 Å². The third kappa shape index (κ3) is 2.67. The van der Waals surface area contributed by atoms with Crippen LogP contribution in [0.4, 0.5) is 0 Å². The van der Waals surface area contributed by atoms with Crippen LogP contribution < -0.4 is 5.32 Å². The largest absolute Gasteiger partial charge is 0.316 e. The van der Waals surface area contributed by atoms with Gasteiger partial charge >= 0.3 is 0 Å². The summed E-state index contributed by atoms with van der Waals surface area (Å²) in [5.41, 5.74) is 1.96. The molecule has 0 aliphatic carbocycles. The molecule has 2 heteroatoms. The third-order valence-electron chi connectivity index (χ3n) is 2.12. The summed E-state index contributed by atoms with van der Waals surface area (Å²) in [4.78, 5) is 11.7. The van der Waals surface area contributed by atoms with E-state index in [2.05, 4.69) is 5.32 Å². The third-order valence-corrected chi connectivity index (χ3v) is 2.12. The van der Waals surface area contributed by atoms with Gasteiger partial charge in [-0.15, -0.1) is 0 Å². The molecule has 1 aromatic rings. The lowest BCUT2D eigenvalue weighted by Gasteiger charge is -2.06. The summed E-state index contributed by atoms with van der Waals surface area (Å²) < 4.78 is 0. The molecule has 0 saturated heterocycles. The molecule has 1 aromatic carbocycles. The predicted octanol–water partition coefficient (Wildman–Crippen LogP) is 2.24. The minimum atomic E-state index is 0.0693. The van der Waals surface area contributed by atoms with Gasteiger partial charge in [0.05, 0.1) is 0 Å². The molecule has 0 amide bonds. The van der Waals surface area contributed by atoms with E-state index in [0.717, 1.165) is 17.7 Å². The standard InChI is InChI=1S/C12H17NO/c1-9(2)12(14)11-6-4-5-10(7-11)8-13-3/h4-7,9,13H,8H2,1-3H3. The highest BCUT2D eigenvalue weighted by atomic mass is 16.1. The van der Waals surface area contributed by atoms with Crippen LogP contribution in [0.3, 0.4) is 0 Å². The maximum Gasteiger partial charge on any atom is 0.165 e. The maximum absolute atomic E-state index is 11.7. The summed E-state index contributed by atoms with van der Waals surface area (Å²) in [7, 11) is 1.90. The number of benzene rings is 1. The van der Waals surface area contributed by atoms with Gasteiger partial charge in [0.1, 0.15) is 0 Å². The van der Waals surface area contributed by atoms with Gasteiger partial charge in [0.2, 0.25) is 0 Å². The van der Waals surface area contributed by atoms with E-state index in [4.69, 9.17) is 0 Å². The molecule has 0 aliphatic heterocycles. The molecule has 76 valence electrons. The van der Waals surface area contributed by atoms with Crippen molar-refractivity contribution in [2.45, 2.75) is 20.4 Å². The van der Waals surface area contributed by atoms with Gasteiger partial charge in [-0.2, -0.15) is 0 Å². The lowest BCUT2D eigenvalue weighted by molar-refractivity contribution is 0.0939. The second kappa shape index (κ2) is 4.91. The van der Waals surface area contributed by atoms with Crippen molar-refractivity contribution in [3.8, 4) is 0 Å². The van der Waals surface area contributed by atoms with E-state index in [1.807, 2.05) is 45.2 Å². The number of hydrogen-bond donors (Lipinski definition) is 1. The fraction of sp³-hybridized carbons (Fsp3) is 0.417. The van der Waals surface area contributed by atoms with Crippen LogP contribution >= 0.6 is 0 Å². The molecule has 0 radical (unpaired) electrons. The molecular weight excluding hydrogens is 174 g/mol. The monoisotopic (exact) mass is 191 g/mol. The average Bonchev–Trinajstić information content (AvgIpc) is 2.17. The number of ketones is 1. The van der Waals surface area contributed by atoms with Crippen LogP contribution in [0.1, 0.15) is 29.8 Å². The van der Waals surface area contributed by atoms with E-state index in [1.54, 1.807) is 0 Å². The van der Waals surface area contributed by atoms with Crippen molar-refractivity contribution in [2.24, 2.45) is 5.92 Å². The summed E-state index contributed by atoms with van der Waals surface area (Å²) in [6, 6.07) is 7.79. The Bertz CT molecular complexity index is 318. The summed E-state index contributed by atoms with van der Waals surface area (Å²) in [6.07, 6.45) is 0. The number of hydrogen-bond acceptors (Lipinski definition) is 2. The lowest BCUT2D eigenvalue weighted by Crippen LogP contribution is -2.09. The molecule has 0 bridgehead atoms. The Morgan fingerprint density at radius 3 is 2.71 bits per heavy atom. The van der Waals surface area contributed by atoms with Crippen LogP contribution in [0, 0.1) is 5.92 Å². The molecule has 14 heavy (non-hydrogen) atoms. The number of rotatable bonds is 4. The maximum atomic E-state index is 11.7. The topological polar surface area (TPSA) is 29.1 Å². The zero-order valence-corrected chi connectivity index (χ0v) is 9.00. The molecule has 2 nitrogen and oxygen atoms in total. The van der Waals surface area contributed by atoms with Crippen LogP contribution in [0.15, 0.2) is 24.3 Å². The Morgan fingerprint density at radius 2 is 2.14 bits per heavy atom. The first kappa shape index (κ1) is 10.9. The summed E-state index contributed by atoms with van der Waals surface area (Å²) in [5, 5.41) is 3.07. The molecule has 0 aliphatic rings. The molecule has 0 fully saturated rings. The van der Waals surface area contributed by atoms with Crippen molar-refractivity contribution in [2.75, 3.05) is 7.05 Å². The molecule has 0 unspecified atom stereocenters. The fourth-order valence-corrected chi connectivity index (χ4v) is 1.37. The quantitative estimate of drug-likeness (QED) is 0.739.